The van der Waals surface area contributed by atoms with Crippen LogP contribution in [0.3, 0.4) is 0 Å². The summed E-state index contributed by atoms with van der Waals surface area (Å²) in [5, 5.41) is 1.25. The van der Waals surface area contributed by atoms with Crippen LogP contribution in [-0.4, -0.2) is 4.57 Å². The Bertz CT molecular complexity index is 488. The van der Waals surface area contributed by atoms with Gasteiger partial charge in [-0.25, -0.2) is 0 Å². The predicted octanol–water partition coefficient (Wildman–Crippen LogP) is 3.35. The standard InChI is InChI=1S/C12H15BrN2/c1-3-11(14)10-7-15(2)12-5-4-8(13)6-9(10)12/h4-7,11H,3,14H2,1-2H3. The molecule has 1 aromatic heterocycles. The Kier molecular flexibility index (Phi) is 2.85. The molecule has 1 atom stereocenters. The minimum absolute atomic E-state index is 0.128. The molecule has 2 rings (SSSR count). The number of fused-ring (bicyclic) bond motifs is 1. The fourth-order valence-corrected chi connectivity index (χ4v) is 2.27. The number of rotatable bonds is 2. The van der Waals surface area contributed by atoms with E-state index in [1.54, 1.807) is 0 Å². The zero-order valence-corrected chi connectivity index (χ0v) is 10.6. The number of nitrogens with two attached hydrogens (primary N) is 1. The third-order valence-corrected chi connectivity index (χ3v) is 3.31. The normalized spacial score (nSPS) is 13.3. The van der Waals surface area contributed by atoms with Crippen molar-refractivity contribution in [3.63, 3.8) is 0 Å². The molecule has 0 saturated carbocycles. The van der Waals surface area contributed by atoms with Crippen LogP contribution in [0.25, 0.3) is 10.9 Å². The van der Waals surface area contributed by atoms with Crippen molar-refractivity contribution in [2.75, 3.05) is 0 Å². The molecule has 1 aromatic carbocycles. The lowest BCUT2D eigenvalue weighted by atomic mass is 10.0. The Morgan fingerprint density at radius 2 is 2.20 bits per heavy atom. The fourth-order valence-electron chi connectivity index (χ4n) is 1.91. The van der Waals surface area contributed by atoms with Crippen molar-refractivity contribution in [3.05, 3.63) is 34.4 Å². The van der Waals surface area contributed by atoms with Gasteiger partial charge in [0.25, 0.3) is 0 Å². The maximum absolute atomic E-state index is 6.10. The van der Waals surface area contributed by atoms with E-state index in [1.165, 1.54) is 16.5 Å². The molecule has 0 saturated heterocycles. The van der Waals surface area contributed by atoms with Gasteiger partial charge in [-0.3, -0.25) is 0 Å². The van der Waals surface area contributed by atoms with Crippen LogP contribution in [0.2, 0.25) is 0 Å². The summed E-state index contributed by atoms with van der Waals surface area (Å²) in [5.41, 5.74) is 8.56. The zero-order chi connectivity index (χ0) is 11.0. The first-order valence-corrected chi connectivity index (χ1v) is 5.93. The third kappa shape index (κ3) is 1.82. The minimum Gasteiger partial charge on any atom is -0.350 e. The SMILES string of the molecule is CCC(N)c1cn(C)c2ccc(Br)cc12. The van der Waals surface area contributed by atoms with Crippen molar-refractivity contribution in [1.29, 1.82) is 0 Å². The van der Waals surface area contributed by atoms with Crippen LogP contribution in [0.15, 0.2) is 28.9 Å². The van der Waals surface area contributed by atoms with Gasteiger partial charge in [0.2, 0.25) is 0 Å². The molecule has 1 unspecified atom stereocenters. The molecule has 0 amide bonds. The van der Waals surface area contributed by atoms with Crippen molar-refractivity contribution < 1.29 is 0 Å². The van der Waals surface area contributed by atoms with E-state index in [0.717, 1.165) is 10.9 Å². The van der Waals surface area contributed by atoms with Crippen molar-refractivity contribution >= 4 is 26.8 Å². The number of halogens is 1. The van der Waals surface area contributed by atoms with Crippen LogP contribution >= 0.6 is 15.9 Å². The Hall–Kier alpha value is -0.800. The van der Waals surface area contributed by atoms with Crippen molar-refractivity contribution in [2.45, 2.75) is 19.4 Å². The van der Waals surface area contributed by atoms with E-state index >= 15 is 0 Å². The van der Waals surface area contributed by atoms with E-state index in [2.05, 4.69) is 58.9 Å². The van der Waals surface area contributed by atoms with E-state index in [1.807, 2.05) is 0 Å². The second-order valence-electron chi connectivity index (χ2n) is 3.87. The van der Waals surface area contributed by atoms with Gasteiger partial charge in [-0.05, 0) is 30.2 Å². The summed E-state index contributed by atoms with van der Waals surface area (Å²) >= 11 is 3.50. The van der Waals surface area contributed by atoms with Crippen molar-refractivity contribution in [2.24, 2.45) is 12.8 Å². The number of aromatic nitrogens is 1. The zero-order valence-electron chi connectivity index (χ0n) is 9.00. The fraction of sp³-hybridized carbons (Fsp3) is 0.333. The summed E-state index contributed by atoms with van der Waals surface area (Å²) in [5.74, 6) is 0. The average molecular weight is 267 g/mol. The summed E-state index contributed by atoms with van der Waals surface area (Å²) in [6.45, 7) is 2.11. The highest BCUT2D eigenvalue weighted by molar-refractivity contribution is 9.10. The smallest absolute Gasteiger partial charge is 0.0481 e. The molecule has 0 aliphatic carbocycles. The number of aryl methyl sites for hydroxylation is 1. The van der Waals surface area contributed by atoms with Gasteiger partial charge in [0.15, 0.2) is 0 Å². The number of hydrogen-bond donors (Lipinski definition) is 1. The second kappa shape index (κ2) is 3.99. The monoisotopic (exact) mass is 266 g/mol. The summed E-state index contributed by atoms with van der Waals surface area (Å²) in [6.07, 6.45) is 3.09. The molecule has 3 heteroatoms. The molecule has 0 aliphatic heterocycles. The van der Waals surface area contributed by atoms with Gasteiger partial charge in [-0.1, -0.05) is 22.9 Å². The minimum atomic E-state index is 0.128. The molecular formula is C12H15BrN2. The molecule has 0 bridgehead atoms. The third-order valence-electron chi connectivity index (χ3n) is 2.82. The largest absolute Gasteiger partial charge is 0.350 e. The lowest BCUT2D eigenvalue weighted by Gasteiger charge is -2.06. The van der Waals surface area contributed by atoms with Gasteiger partial charge in [0.05, 0.1) is 0 Å². The highest BCUT2D eigenvalue weighted by atomic mass is 79.9. The molecule has 15 heavy (non-hydrogen) atoms. The van der Waals surface area contributed by atoms with Crippen LogP contribution in [0.1, 0.15) is 24.9 Å². The highest BCUT2D eigenvalue weighted by Gasteiger charge is 2.11. The molecule has 0 fully saturated rings. The number of hydrogen-bond acceptors (Lipinski definition) is 1. The Morgan fingerprint density at radius 3 is 2.87 bits per heavy atom. The summed E-state index contributed by atoms with van der Waals surface area (Å²) in [6, 6.07) is 6.44. The Morgan fingerprint density at radius 1 is 1.47 bits per heavy atom. The van der Waals surface area contributed by atoms with E-state index in [4.69, 9.17) is 5.73 Å². The first-order valence-electron chi connectivity index (χ1n) is 5.13. The summed E-state index contributed by atoms with van der Waals surface area (Å²) < 4.78 is 3.23. The summed E-state index contributed by atoms with van der Waals surface area (Å²) in [4.78, 5) is 0. The molecule has 80 valence electrons. The van der Waals surface area contributed by atoms with E-state index in [-0.39, 0.29) is 6.04 Å². The molecule has 0 spiro atoms. The Balaban J connectivity index is 2.69. The van der Waals surface area contributed by atoms with Gasteiger partial charge in [-0.2, -0.15) is 0 Å². The van der Waals surface area contributed by atoms with Crippen LogP contribution in [0.5, 0.6) is 0 Å². The van der Waals surface area contributed by atoms with Crippen LogP contribution in [0, 0.1) is 0 Å². The molecule has 1 heterocycles. The van der Waals surface area contributed by atoms with Gasteiger partial charge in [0, 0.05) is 34.7 Å². The predicted molar refractivity (Wildman–Crippen MR) is 67.8 cm³/mol. The maximum Gasteiger partial charge on any atom is 0.0481 e. The van der Waals surface area contributed by atoms with E-state index in [0.29, 0.717) is 0 Å². The van der Waals surface area contributed by atoms with Gasteiger partial charge < -0.3 is 10.3 Å². The van der Waals surface area contributed by atoms with Crippen LogP contribution < -0.4 is 5.73 Å². The highest BCUT2D eigenvalue weighted by Crippen LogP contribution is 2.28. The van der Waals surface area contributed by atoms with Crippen LogP contribution in [-0.2, 0) is 7.05 Å². The Labute approximate surface area is 98.2 Å². The molecule has 0 radical (unpaired) electrons. The average Bonchev–Trinajstić information content (AvgIpc) is 2.54. The molecule has 2 N–H and O–H groups in total. The van der Waals surface area contributed by atoms with Gasteiger partial charge in [0.1, 0.15) is 0 Å². The molecule has 2 aromatic rings. The van der Waals surface area contributed by atoms with Crippen molar-refractivity contribution in [3.8, 4) is 0 Å². The topological polar surface area (TPSA) is 30.9 Å². The van der Waals surface area contributed by atoms with E-state index < -0.39 is 0 Å². The first kappa shape index (κ1) is 10.7. The van der Waals surface area contributed by atoms with Crippen molar-refractivity contribution in [1.82, 2.24) is 4.57 Å². The van der Waals surface area contributed by atoms with Gasteiger partial charge in [-0.15, -0.1) is 0 Å². The molecule has 0 aliphatic rings. The molecule has 2 nitrogen and oxygen atoms in total. The quantitative estimate of drug-likeness (QED) is 0.888. The lowest BCUT2D eigenvalue weighted by Crippen LogP contribution is -2.07. The lowest BCUT2D eigenvalue weighted by molar-refractivity contribution is 0.700. The second-order valence-corrected chi connectivity index (χ2v) is 4.79. The summed E-state index contributed by atoms with van der Waals surface area (Å²) in [7, 11) is 2.06. The molecular weight excluding hydrogens is 252 g/mol. The van der Waals surface area contributed by atoms with E-state index in [9.17, 15) is 0 Å². The number of benzene rings is 1. The first-order chi connectivity index (χ1) is 7.13. The maximum atomic E-state index is 6.10. The van der Waals surface area contributed by atoms with Crippen LogP contribution in [0.4, 0.5) is 0 Å². The van der Waals surface area contributed by atoms with Gasteiger partial charge >= 0.3 is 0 Å². The number of nitrogens with zero attached hydrogens (tertiary/aromatic N) is 1.